The lowest BCUT2D eigenvalue weighted by Crippen LogP contribution is -2.10. The summed E-state index contributed by atoms with van der Waals surface area (Å²) in [6.07, 6.45) is 8.79. The fourth-order valence-electron chi connectivity index (χ4n) is 2.30. The molecule has 1 aliphatic carbocycles. The van der Waals surface area contributed by atoms with Crippen molar-refractivity contribution in [2.45, 2.75) is 50.7 Å². The van der Waals surface area contributed by atoms with Crippen molar-refractivity contribution < 1.29 is 9.84 Å². The van der Waals surface area contributed by atoms with Crippen LogP contribution < -0.4 is 0 Å². The molecule has 0 aromatic rings. The van der Waals surface area contributed by atoms with Crippen LogP contribution in [0.4, 0.5) is 0 Å². The van der Waals surface area contributed by atoms with Crippen molar-refractivity contribution in [3.8, 4) is 0 Å². The van der Waals surface area contributed by atoms with E-state index < -0.39 is 0 Å². The van der Waals surface area contributed by atoms with Gasteiger partial charge in [0.05, 0.1) is 12.7 Å². The molecule has 1 saturated carbocycles. The van der Waals surface area contributed by atoms with Gasteiger partial charge in [0.2, 0.25) is 0 Å². The van der Waals surface area contributed by atoms with E-state index >= 15 is 0 Å². The predicted octanol–water partition coefficient (Wildman–Crippen LogP) is 1.72. The predicted molar refractivity (Wildman–Crippen MR) is 46.9 cm³/mol. The number of hydrogen-bond acceptors (Lipinski definition) is 2. The summed E-state index contributed by atoms with van der Waals surface area (Å²) in [5, 5.41) is 8.78. The molecule has 2 nitrogen and oxygen atoms in total. The van der Waals surface area contributed by atoms with Gasteiger partial charge in [0.25, 0.3) is 0 Å². The summed E-state index contributed by atoms with van der Waals surface area (Å²) in [6.45, 7) is 0.220. The number of hydrogen-bond donors (Lipinski definition) is 1. The van der Waals surface area contributed by atoms with Gasteiger partial charge in [-0.3, -0.25) is 0 Å². The second-order valence-corrected chi connectivity index (χ2v) is 4.14. The zero-order valence-electron chi connectivity index (χ0n) is 7.54. The van der Waals surface area contributed by atoms with Gasteiger partial charge in [-0.2, -0.15) is 0 Å². The van der Waals surface area contributed by atoms with Crippen LogP contribution in [0.3, 0.4) is 0 Å². The van der Waals surface area contributed by atoms with Crippen LogP contribution in [0.5, 0.6) is 0 Å². The topological polar surface area (TPSA) is 32.8 Å². The Bertz CT molecular complexity index is 141. The Balaban J connectivity index is 1.66. The van der Waals surface area contributed by atoms with E-state index in [4.69, 9.17) is 9.84 Å². The van der Waals surface area contributed by atoms with Gasteiger partial charge in [-0.1, -0.05) is 32.1 Å². The van der Waals surface area contributed by atoms with Crippen molar-refractivity contribution in [1.82, 2.24) is 0 Å². The summed E-state index contributed by atoms with van der Waals surface area (Å²) in [5.74, 6) is 0.889. The van der Waals surface area contributed by atoms with Crippen molar-refractivity contribution in [1.29, 1.82) is 0 Å². The Morgan fingerprint density at radius 1 is 1.08 bits per heavy atom. The van der Waals surface area contributed by atoms with E-state index in [0.717, 1.165) is 5.92 Å². The van der Waals surface area contributed by atoms with Gasteiger partial charge < -0.3 is 9.84 Å². The minimum atomic E-state index is 0.187. The fraction of sp³-hybridized carbons (Fsp3) is 1.00. The molecular formula is C10H18O2. The first-order chi connectivity index (χ1) is 5.90. The van der Waals surface area contributed by atoms with Crippen LogP contribution in [0, 0.1) is 5.92 Å². The SMILES string of the molecule is OC[C@@H]1O[C@H]1CC1CCCCC1. The van der Waals surface area contributed by atoms with Gasteiger partial charge in [-0.05, 0) is 12.3 Å². The van der Waals surface area contributed by atoms with Crippen molar-refractivity contribution in [3.05, 3.63) is 0 Å². The number of aliphatic hydroxyl groups is 1. The van der Waals surface area contributed by atoms with Crippen molar-refractivity contribution in [2.75, 3.05) is 6.61 Å². The summed E-state index contributed by atoms with van der Waals surface area (Å²) in [6, 6.07) is 0. The molecule has 1 aliphatic heterocycles. The van der Waals surface area contributed by atoms with Crippen molar-refractivity contribution in [3.63, 3.8) is 0 Å². The highest BCUT2D eigenvalue weighted by Crippen LogP contribution is 2.34. The quantitative estimate of drug-likeness (QED) is 0.654. The summed E-state index contributed by atoms with van der Waals surface area (Å²) in [4.78, 5) is 0. The standard InChI is InChI=1S/C10H18O2/c11-7-10-9(12-10)6-8-4-2-1-3-5-8/h8-11H,1-7H2/t9-,10-/m0/s1. The van der Waals surface area contributed by atoms with E-state index in [-0.39, 0.29) is 12.7 Å². The minimum Gasteiger partial charge on any atom is -0.394 e. The summed E-state index contributed by atoms with van der Waals surface area (Å²) >= 11 is 0. The highest BCUT2D eigenvalue weighted by molar-refractivity contribution is 4.86. The lowest BCUT2D eigenvalue weighted by molar-refractivity contribution is 0.238. The smallest absolute Gasteiger partial charge is 0.107 e. The third-order valence-electron chi connectivity index (χ3n) is 3.16. The number of epoxide rings is 1. The van der Waals surface area contributed by atoms with E-state index in [1.165, 1.54) is 38.5 Å². The molecule has 0 aromatic carbocycles. The molecule has 0 amide bonds. The van der Waals surface area contributed by atoms with Crippen molar-refractivity contribution >= 4 is 0 Å². The average molecular weight is 170 g/mol. The van der Waals surface area contributed by atoms with Crippen LogP contribution in [-0.4, -0.2) is 23.9 Å². The average Bonchev–Trinajstić information content (AvgIpc) is 2.85. The molecule has 1 saturated heterocycles. The molecule has 1 N–H and O–H groups in total. The maximum absolute atomic E-state index is 8.78. The van der Waals surface area contributed by atoms with Gasteiger partial charge in [0.15, 0.2) is 0 Å². The summed E-state index contributed by atoms with van der Waals surface area (Å²) in [5.41, 5.74) is 0. The summed E-state index contributed by atoms with van der Waals surface area (Å²) < 4.78 is 5.32. The van der Waals surface area contributed by atoms with E-state index in [2.05, 4.69) is 0 Å². The van der Waals surface area contributed by atoms with Crippen LogP contribution >= 0.6 is 0 Å². The van der Waals surface area contributed by atoms with Gasteiger partial charge >= 0.3 is 0 Å². The van der Waals surface area contributed by atoms with E-state index in [1.807, 2.05) is 0 Å². The molecule has 0 aromatic heterocycles. The van der Waals surface area contributed by atoms with Gasteiger partial charge in [0.1, 0.15) is 6.10 Å². The molecule has 70 valence electrons. The second-order valence-electron chi connectivity index (χ2n) is 4.14. The maximum Gasteiger partial charge on any atom is 0.107 e. The molecule has 0 radical (unpaired) electrons. The molecule has 2 atom stereocenters. The molecule has 2 fully saturated rings. The molecule has 12 heavy (non-hydrogen) atoms. The minimum absolute atomic E-state index is 0.187. The summed E-state index contributed by atoms with van der Waals surface area (Å²) in [7, 11) is 0. The molecular weight excluding hydrogens is 152 g/mol. The van der Waals surface area contributed by atoms with Gasteiger partial charge in [-0.15, -0.1) is 0 Å². The van der Waals surface area contributed by atoms with Gasteiger partial charge in [0, 0.05) is 0 Å². The van der Waals surface area contributed by atoms with Crippen LogP contribution in [0.2, 0.25) is 0 Å². The normalized spacial score (nSPS) is 36.8. The number of ether oxygens (including phenoxy) is 1. The van der Waals surface area contributed by atoms with Crippen LogP contribution in [-0.2, 0) is 4.74 Å². The lowest BCUT2D eigenvalue weighted by Gasteiger charge is -2.20. The molecule has 0 unspecified atom stereocenters. The molecule has 2 rings (SSSR count). The zero-order chi connectivity index (χ0) is 8.39. The second kappa shape index (κ2) is 3.75. The third-order valence-corrected chi connectivity index (χ3v) is 3.16. The Morgan fingerprint density at radius 2 is 1.83 bits per heavy atom. The Labute approximate surface area is 73.9 Å². The monoisotopic (exact) mass is 170 g/mol. The maximum atomic E-state index is 8.78. The Hall–Kier alpha value is -0.0800. The van der Waals surface area contributed by atoms with Gasteiger partial charge in [-0.25, -0.2) is 0 Å². The van der Waals surface area contributed by atoms with Crippen LogP contribution in [0.25, 0.3) is 0 Å². The number of aliphatic hydroxyl groups excluding tert-OH is 1. The van der Waals surface area contributed by atoms with E-state index in [0.29, 0.717) is 6.10 Å². The highest BCUT2D eigenvalue weighted by Gasteiger charge is 2.39. The number of rotatable bonds is 3. The first kappa shape index (κ1) is 8.52. The Morgan fingerprint density at radius 3 is 2.42 bits per heavy atom. The van der Waals surface area contributed by atoms with E-state index in [1.54, 1.807) is 0 Å². The van der Waals surface area contributed by atoms with Crippen LogP contribution in [0.1, 0.15) is 38.5 Å². The zero-order valence-corrected chi connectivity index (χ0v) is 7.54. The Kier molecular flexibility index (Phi) is 2.66. The largest absolute Gasteiger partial charge is 0.394 e. The highest BCUT2D eigenvalue weighted by atomic mass is 16.6. The molecule has 0 bridgehead atoms. The molecule has 1 heterocycles. The van der Waals surface area contributed by atoms with E-state index in [9.17, 15) is 0 Å². The van der Waals surface area contributed by atoms with Crippen LogP contribution in [0.15, 0.2) is 0 Å². The first-order valence-electron chi connectivity index (χ1n) is 5.16. The first-order valence-corrected chi connectivity index (χ1v) is 5.16. The van der Waals surface area contributed by atoms with Crippen molar-refractivity contribution in [2.24, 2.45) is 5.92 Å². The lowest BCUT2D eigenvalue weighted by atomic mass is 9.86. The molecule has 2 aliphatic rings. The fourth-order valence-corrected chi connectivity index (χ4v) is 2.30. The molecule has 0 spiro atoms. The molecule has 2 heteroatoms. The third kappa shape index (κ3) is 1.99.